The fraction of sp³-hybridized carbons (Fsp3) is 0.944. The van der Waals surface area contributed by atoms with E-state index < -0.39 is 0 Å². The summed E-state index contributed by atoms with van der Waals surface area (Å²) in [5.74, 6) is 0.450. The second kappa shape index (κ2) is 5.20. The van der Waals surface area contributed by atoms with Crippen molar-refractivity contribution >= 4 is 5.97 Å². The summed E-state index contributed by atoms with van der Waals surface area (Å²) in [7, 11) is 0. The van der Waals surface area contributed by atoms with Gasteiger partial charge in [-0.25, -0.2) is 0 Å². The molecule has 3 aliphatic rings. The van der Waals surface area contributed by atoms with Gasteiger partial charge in [-0.1, -0.05) is 27.2 Å². The Kier molecular flexibility index (Phi) is 3.84. The number of ether oxygens (including phenoxy) is 2. The number of esters is 1. The molecule has 0 aromatic rings. The summed E-state index contributed by atoms with van der Waals surface area (Å²) in [4.78, 5) is 11.1. The molecule has 126 valence electrons. The number of carbonyl (C=O) groups is 1. The third-order valence-electron chi connectivity index (χ3n) is 6.69. The third kappa shape index (κ3) is 2.48. The quantitative estimate of drug-likeness (QED) is 0.643. The van der Waals surface area contributed by atoms with Crippen molar-refractivity contribution < 1.29 is 19.4 Å². The first-order chi connectivity index (χ1) is 10.2. The number of aliphatic hydroxyl groups is 1. The van der Waals surface area contributed by atoms with Gasteiger partial charge in [0.05, 0.1) is 24.9 Å². The van der Waals surface area contributed by atoms with Crippen LogP contribution in [0.1, 0.15) is 59.8 Å². The van der Waals surface area contributed by atoms with Crippen LogP contribution in [-0.2, 0) is 14.3 Å². The monoisotopic (exact) mass is 310 g/mol. The van der Waals surface area contributed by atoms with E-state index in [4.69, 9.17) is 9.47 Å². The summed E-state index contributed by atoms with van der Waals surface area (Å²) in [6.45, 7) is 9.60. The number of fused-ring (bicyclic) bond motifs is 1. The van der Waals surface area contributed by atoms with E-state index in [1.807, 2.05) is 0 Å². The molecule has 1 saturated heterocycles. The van der Waals surface area contributed by atoms with Crippen LogP contribution in [0.25, 0.3) is 0 Å². The molecule has 0 aromatic heterocycles. The minimum atomic E-state index is -0.284. The van der Waals surface area contributed by atoms with Crippen LogP contribution in [0.15, 0.2) is 0 Å². The lowest BCUT2D eigenvalue weighted by atomic mass is 9.45. The maximum atomic E-state index is 11.1. The molecule has 0 aromatic carbocycles. The van der Waals surface area contributed by atoms with Crippen LogP contribution in [0.2, 0.25) is 0 Å². The van der Waals surface area contributed by atoms with Crippen molar-refractivity contribution in [3.05, 3.63) is 0 Å². The van der Waals surface area contributed by atoms with E-state index >= 15 is 0 Å². The fourth-order valence-corrected chi connectivity index (χ4v) is 6.02. The van der Waals surface area contributed by atoms with Crippen molar-refractivity contribution in [2.75, 3.05) is 13.2 Å². The smallest absolute Gasteiger partial charge is 0.302 e. The summed E-state index contributed by atoms with van der Waals surface area (Å²) in [5, 5.41) is 10.8. The van der Waals surface area contributed by atoms with Gasteiger partial charge in [0.2, 0.25) is 0 Å². The Balaban J connectivity index is 1.86. The van der Waals surface area contributed by atoms with E-state index in [2.05, 4.69) is 20.8 Å². The lowest BCUT2D eigenvalue weighted by molar-refractivity contribution is -0.171. The maximum Gasteiger partial charge on any atom is 0.302 e. The van der Waals surface area contributed by atoms with Crippen molar-refractivity contribution in [2.24, 2.45) is 22.7 Å². The Bertz CT molecular complexity index is 454. The number of rotatable bonds is 3. The highest BCUT2D eigenvalue weighted by atomic mass is 16.6. The number of epoxide rings is 1. The molecule has 3 rings (SSSR count). The van der Waals surface area contributed by atoms with Crippen LogP contribution < -0.4 is 0 Å². The predicted octanol–water partition coefficient (Wildman–Crippen LogP) is 2.92. The molecular weight excluding hydrogens is 280 g/mol. The number of hydrogen-bond acceptors (Lipinski definition) is 4. The minimum Gasteiger partial charge on any atom is -0.466 e. The van der Waals surface area contributed by atoms with E-state index in [-0.39, 0.29) is 28.5 Å². The Morgan fingerprint density at radius 2 is 2.00 bits per heavy atom. The van der Waals surface area contributed by atoms with Gasteiger partial charge in [-0.05, 0) is 41.9 Å². The van der Waals surface area contributed by atoms with Gasteiger partial charge in [0, 0.05) is 13.3 Å². The fourth-order valence-electron chi connectivity index (χ4n) is 6.02. The molecule has 2 aliphatic carbocycles. The molecule has 0 radical (unpaired) electrons. The first-order valence-corrected chi connectivity index (χ1v) is 8.67. The highest BCUT2D eigenvalue weighted by Gasteiger charge is 2.67. The number of carbonyl (C=O) groups excluding carboxylic acids is 1. The van der Waals surface area contributed by atoms with Crippen LogP contribution in [0.4, 0.5) is 0 Å². The van der Waals surface area contributed by atoms with E-state index in [1.54, 1.807) is 0 Å². The van der Waals surface area contributed by atoms with Gasteiger partial charge in [0.25, 0.3) is 0 Å². The molecule has 1 heterocycles. The van der Waals surface area contributed by atoms with Gasteiger partial charge >= 0.3 is 5.97 Å². The van der Waals surface area contributed by atoms with Crippen molar-refractivity contribution in [1.29, 1.82) is 0 Å². The Labute approximate surface area is 133 Å². The summed E-state index contributed by atoms with van der Waals surface area (Å²) in [6.07, 6.45) is 4.81. The van der Waals surface area contributed by atoms with Crippen LogP contribution in [0, 0.1) is 22.7 Å². The zero-order valence-corrected chi connectivity index (χ0v) is 14.4. The summed E-state index contributed by atoms with van der Waals surface area (Å²) >= 11 is 0. The highest BCUT2D eigenvalue weighted by molar-refractivity contribution is 5.65. The standard InChI is InChI=1S/C18H30O4/c1-12(19)21-9-6-14-17(4)8-5-7-16(2,3)15(17)13(20)10-18(14)11-22-18/h13-15,20H,5-11H2,1-4H3/t13-,14+,15-,17+,18-/m0/s1. The molecule has 1 aliphatic heterocycles. The van der Waals surface area contributed by atoms with Crippen molar-refractivity contribution in [3.8, 4) is 0 Å². The van der Waals surface area contributed by atoms with Crippen LogP contribution >= 0.6 is 0 Å². The number of aliphatic hydroxyl groups excluding tert-OH is 1. The lowest BCUT2D eigenvalue weighted by Gasteiger charge is -2.60. The van der Waals surface area contributed by atoms with E-state index in [0.717, 1.165) is 25.9 Å². The van der Waals surface area contributed by atoms with Crippen molar-refractivity contribution in [2.45, 2.75) is 71.5 Å². The SMILES string of the molecule is CC(=O)OCC[C@H]1[C@@]2(CO2)C[C@H](O)[C@H]2C(C)(C)CCC[C@@]21C. The normalized spacial score (nSPS) is 46.1. The Morgan fingerprint density at radius 3 is 2.59 bits per heavy atom. The van der Waals surface area contributed by atoms with Gasteiger partial charge in [-0.3, -0.25) is 4.79 Å². The molecule has 0 bridgehead atoms. The van der Waals surface area contributed by atoms with Gasteiger partial charge in [0.1, 0.15) is 0 Å². The summed E-state index contributed by atoms with van der Waals surface area (Å²) in [5.41, 5.74) is 0.0525. The van der Waals surface area contributed by atoms with Crippen molar-refractivity contribution in [1.82, 2.24) is 0 Å². The molecule has 0 unspecified atom stereocenters. The van der Waals surface area contributed by atoms with Gasteiger partial charge in [-0.2, -0.15) is 0 Å². The molecule has 22 heavy (non-hydrogen) atoms. The van der Waals surface area contributed by atoms with Gasteiger partial charge < -0.3 is 14.6 Å². The largest absolute Gasteiger partial charge is 0.466 e. The zero-order valence-electron chi connectivity index (χ0n) is 14.4. The van der Waals surface area contributed by atoms with E-state index in [0.29, 0.717) is 18.4 Å². The molecular formula is C18H30O4. The summed E-state index contributed by atoms with van der Waals surface area (Å²) in [6, 6.07) is 0. The minimum absolute atomic E-state index is 0.0655. The molecule has 4 nitrogen and oxygen atoms in total. The first-order valence-electron chi connectivity index (χ1n) is 8.67. The molecule has 4 heteroatoms. The topological polar surface area (TPSA) is 59.1 Å². The van der Waals surface area contributed by atoms with Crippen LogP contribution in [-0.4, -0.2) is 36.0 Å². The molecule has 1 N–H and O–H groups in total. The van der Waals surface area contributed by atoms with E-state index in [1.165, 1.54) is 19.8 Å². The zero-order chi connectivity index (χ0) is 16.2. The van der Waals surface area contributed by atoms with Gasteiger partial charge in [0.15, 0.2) is 0 Å². The predicted molar refractivity (Wildman–Crippen MR) is 83.3 cm³/mol. The first kappa shape index (κ1) is 16.3. The maximum absolute atomic E-state index is 11.1. The average molecular weight is 310 g/mol. The molecule has 5 atom stereocenters. The van der Waals surface area contributed by atoms with Crippen molar-refractivity contribution in [3.63, 3.8) is 0 Å². The second-order valence-corrected chi connectivity index (χ2v) is 8.63. The van der Waals surface area contributed by atoms with Crippen LogP contribution in [0.3, 0.4) is 0 Å². The molecule has 3 fully saturated rings. The molecule has 0 amide bonds. The van der Waals surface area contributed by atoms with Crippen LogP contribution in [0.5, 0.6) is 0 Å². The van der Waals surface area contributed by atoms with E-state index in [9.17, 15) is 9.90 Å². The molecule has 1 spiro atoms. The number of hydrogen-bond donors (Lipinski definition) is 1. The van der Waals surface area contributed by atoms with Gasteiger partial charge in [-0.15, -0.1) is 0 Å². The Hall–Kier alpha value is -0.610. The highest BCUT2D eigenvalue weighted by Crippen LogP contribution is 2.66. The third-order valence-corrected chi connectivity index (χ3v) is 6.69. The second-order valence-electron chi connectivity index (χ2n) is 8.63. The average Bonchev–Trinajstić information content (AvgIpc) is 3.11. The molecule has 2 saturated carbocycles. The summed E-state index contributed by atoms with van der Waals surface area (Å²) < 4.78 is 11.1. The lowest BCUT2D eigenvalue weighted by Crippen LogP contribution is -2.60. The Morgan fingerprint density at radius 1 is 1.32 bits per heavy atom.